The van der Waals surface area contributed by atoms with Gasteiger partial charge >= 0.3 is 0 Å². The van der Waals surface area contributed by atoms with Gasteiger partial charge in [-0.05, 0) is 49.2 Å². The molecule has 3 rings (SSSR count). The molecule has 0 bridgehead atoms. The van der Waals surface area contributed by atoms with Crippen LogP contribution in [-0.2, 0) is 10.0 Å². The molecule has 0 aromatic heterocycles. The normalized spacial score (nSPS) is 15.5. The second-order valence-electron chi connectivity index (χ2n) is 7.42. The van der Waals surface area contributed by atoms with Gasteiger partial charge in [-0.15, -0.1) is 0 Å². The van der Waals surface area contributed by atoms with Gasteiger partial charge in [-0.3, -0.25) is 14.4 Å². The van der Waals surface area contributed by atoms with Crippen LogP contribution in [0.25, 0.3) is 0 Å². The second kappa shape index (κ2) is 10.5. The van der Waals surface area contributed by atoms with Crippen LogP contribution in [0.5, 0.6) is 5.75 Å². The number of halogens is 3. The minimum atomic E-state index is -4.02. The molecule has 7 nitrogen and oxygen atoms in total. The number of alkyl halides is 2. The lowest BCUT2D eigenvalue weighted by atomic mass is 10.0. The minimum absolute atomic E-state index is 0.0982. The van der Waals surface area contributed by atoms with E-state index in [0.29, 0.717) is 36.7 Å². The van der Waals surface area contributed by atoms with Crippen LogP contribution in [0.15, 0.2) is 47.4 Å². The maximum Gasteiger partial charge on any atom is 0.262 e. The van der Waals surface area contributed by atoms with Crippen molar-refractivity contribution in [3.8, 4) is 5.75 Å². The van der Waals surface area contributed by atoms with E-state index < -0.39 is 22.4 Å². The molecule has 0 unspecified atom stereocenters. The third kappa shape index (κ3) is 6.30. The van der Waals surface area contributed by atoms with Crippen LogP contribution in [0, 0.1) is 0 Å². The third-order valence-electron chi connectivity index (χ3n) is 5.13. The summed E-state index contributed by atoms with van der Waals surface area (Å²) in [6.07, 6.45) is -1.29. The molecule has 2 aromatic rings. The van der Waals surface area contributed by atoms with E-state index in [-0.39, 0.29) is 28.7 Å². The van der Waals surface area contributed by atoms with Gasteiger partial charge in [-0.25, -0.2) is 17.2 Å². The molecule has 0 spiro atoms. The number of amides is 1. The average Bonchev–Trinajstić information content (AvgIpc) is 2.75. The molecule has 0 radical (unpaired) electrons. The Morgan fingerprint density at radius 3 is 2.59 bits per heavy atom. The van der Waals surface area contributed by atoms with Crippen molar-refractivity contribution in [1.29, 1.82) is 0 Å². The number of benzene rings is 2. The zero-order valence-corrected chi connectivity index (χ0v) is 18.9. The van der Waals surface area contributed by atoms with Crippen LogP contribution >= 0.6 is 11.6 Å². The van der Waals surface area contributed by atoms with Gasteiger partial charge in [-0.1, -0.05) is 17.7 Å². The summed E-state index contributed by atoms with van der Waals surface area (Å²) in [5.41, 5.74) is 0.353. The molecule has 2 N–H and O–H groups in total. The summed E-state index contributed by atoms with van der Waals surface area (Å²) in [5, 5.41) is 3.19. The topological polar surface area (TPSA) is 87.7 Å². The number of anilines is 1. The number of hydrogen-bond acceptors (Lipinski definition) is 5. The predicted octanol–water partition coefficient (Wildman–Crippen LogP) is 3.61. The number of nitrogens with one attached hydrogen (secondary N) is 2. The van der Waals surface area contributed by atoms with E-state index in [0.717, 1.165) is 0 Å². The number of nitrogens with zero attached hydrogens (tertiary/aromatic N) is 1. The molecular weight excluding hydrogens is 464 g/mol. The van der Waals surface area contributed by atoms with E-state index in [2.05, 4.69) is 10.0 Å². The van der Waals surface area contributed by atoms with Crippen LogP contribution in [0.1, 0.15) is 23.2 Å². The Bertz CT molecular complexity index is 1060. The molecule has 1 aliphatic heterocycles. The molecule has 32 heavy (non-hydrogen) atoms. The van der Waals surface area contributed by atoms with Crippen molar-refractivity contribution in [2.75, 3.05) is 31.5 Å². The Balaban J connectivity index is 1.68. The SMILES string of the molecule is COc1ccc(Cl)cc1NS(=O)(=O)c1cccc(C(=O)NC2CCN(CC(F)F)CC2)c1. The van der Waals surface area contributed by atoms with Gasteiger partial charge in [0.2, 0.25) is 0 Å². The van der Waals surface area contributed by atoms with Gasteiger partial charge in [0.15, 0.2) is 0 Å². The molecule has 0 atom stereocenters. The number of likely N-dealkylation sites (tertiary alicyclic amines) is 1. The van der Waals surface area contributed by atoms with Gasteiger partial charge < -0.3 is 10.1 Å². The molecule has 1 aliphatic rings. The Labute approximate surface area is 190 Å². The summed E-state index contributed by atoms with van der Waals surface area (Å²) in [6.45, 7) is 0.662. The number of sulfonamides is 1. The Kier molecular flexibility index (Phi) is 7.91. The molecule has 2 aromatic carbocycles. The summed E-state index contributed by atoms with van der Waals surface area (Å²) in [7, 11) is -2.61. The predicted molar refractivity (Wildman–Crippen MR) is 118 cm³/mol. The fraction of sp³-hybridized carbons (Fsp3) is 0.381. The lowest BCUT2D eigenvalue weighted by molar-refractivity contribution is 0.0696. The van der Waals surface area contributed by atoms with Gasteiger partial charge in [0.25, 0.3) is 22.4 Å². The number of ether oxygens (including phenoxy) is 1. The zero-order chi connectivity index (χ0) is 23.3. The fourth-order valence-electron chi connectivity index (χ4n) is 3.49. The molecule has 174 valence electrons. The largest absolute Gasteiger partial charge is 0.495 e. The number of rotatable bonds is 8. The van der Waals surface area contributed by atoms with Crippen molar-refractivity contribution < 1.29 is 26.7 Å². The molecule has 0 aliphatic carbocycles. The number of carbonyl (C=O) groups is 1. The Hall–Kier alpha value is -2.43. The van der Waals surface area contributed by atoms with E-state index >= 15 is 0 Å². The number of piperidine rings is 1. The molecule has 1 amide bonds. The summed E-state index contributed by atoms with van der Waals surface area (Å²) in [4.78, 5) is 14.2. The lowest BCUT2D eigenvalue weighted by Gasteiger charge is -2.32. The third-order valence-corrected chi connectivity index (χ3v) is 6.73. The second-order valence-corrected chi connectivity index (χ2v) is 9.54. The molecular formula is C21H24ClF2N3O4S. The van der Waals surface area contributed by atoms with Gasteiger partial charge in [-0.2, -0.15) is 0 Å². The molecule has 1 saturated heterocycles. The van der Waals surface area contributed by atoms with Crippen LogP contribution < -0.4 is 14.8 Å². The zero-order valence-electron chi connectivity index (χ0n) is 17.4. The molecule has 1 heterocycles. The van der Waals surface area contributed by atoms with E-state index in [1.165, 1.54) is 43.5 Å². The molecule has 1 fully saturated rings. The van der Waals surface area contributed by atoms with Gasteiger partial charge in [0.05, 0.1) is 24.2 Å². The van der Waals surface area contributed by atoms with Crippen LogP contribution in [0.4, 0.5) is 14.5 Å². The summed E-state index contributed by atoms with van der Waals surface area (Å²) < 4.78 is 58.3. The highest BCUT2D eigenvalue weighted by Gasteiger charge is 2.24. The van der Waals surface area contributed by atoms with Crippen LogP contribution in [-0.4, -0.2) is 58.4 Å². The summed E-state index contributed by atoms with van der Waals surface area (Å²) in [5.74, 6) is -0.125. The van der Waals surface area contributed by atoms with Crippen molar-refractivity contribution in [2.24, 2.45) is 0 Å². The Morgan fingerprint density at radius 1 is 1.22 bits per heavy atom. The van der Waals surface area contributed by atoms with Crippen molar-refractivity contribution in [2.45, 2.75) is 30.2 Å². The maximum absolute atomic E-state index is 12.9. The smallest absolute Gasteiger partial charge is 0.262 e. The van der Waals surface area contributed by atoms with Gasteiger partial charge in [0.1, 0.15) is 5.75 Å². The van der Waals surface area contributed by atoms with E-state index in [1.807, 2.05) is 0 Å². The maximum atomic E-state index is 12.9. The standard InChI is InChI=1S/C21H24ClF2N3O4S/c1-31-19-6-5-15(22)12-18(19)26-32(29,30)17-4-2-3-14(11-17)21(28)25-16-7-9-27(10-8-16)13-20(23)24/h2-6,11-12,16,20,26H,7-10,13H2,1H3,(H,25,28). The highest BCUT2D eigenvalue weighted by molar-refractivity contribution is 7.92. The molecule has 0 saturated carbocycles. The van der Waals surface area contributed by atoms with Crippen molar-refractivity contribution in [3.63, 3.8) is 0 Å². The highest BCUT2D eigenvalue weighted by atomic mass is 35.5. The monoisotopic (exact) mass is 487 g/mol. The first-order valence-electron chi connectivity index (χ1n) is 9.96. The first-order chi connectivity index (χ1) is 15.2. The average molecular weight is 488 g/mol. The summed E-state index contributed by atoms with van der Waals surface area (Å²) in [6, 6.07) is 10.0. The molecule has 11 heteroatoms. The quantitative estimate of drug-likeness (QED) is 0.594. The number of hydrogen-bond donors (Lipinski definition) is 2. The highest BCUT2D eigenvalue weighted by Crippen LogP contribution is 2.30. The minimum Gasteiger partial charge on any atom is -0.495 e. The van der Waals surface area contributed by atoms with Crippen molar-refractivity contribution >= 4 is 33.2 Å². The first kappa shape index (κ1) is 24.2. The van der Waals surface area contributed by atoms with E-state index in [1.54, 1.807) is 11.0 Å². The van der Waals surface area contributed by atoms with Crippen LogP contribution in [0.2, 0.25) is 5.02 Å². The van der Waals surface area contributed by atoms with E-state index in [4.69, 9.17) is 16.3 Å². The fourth-order valence-corrected chi connectivity index (χ4v) is 4.77. The van der Waals surface area contributed by atoms with Crippen LogP contribution in [0.3, 0.4) is 0 Å². The lowest BCUT2D eigenvalue weighted by Crippen LogP contribution is -2.45. The van der Waals surface area contributed by atoms with Crippen molar-refractivity contribution in [3.05, 3.63) is 53.1 Å². The first-order valence-corrected chi connectivity index (χ1v) is 11.8. The number of carbonyl (C=O) groups excluding carboxylic acids is 1. The van der Waals surface area contributed by atoms with Crippen molar-refractivity contribution in [1.82, 2.24) is 10.2 Å². The van der Waals surface area contributed by atoms with Gasteiger partial charge in [0, 0.05) is 29.7 Å². The Morgan fingerprint density at radius 2 is 1.94 bits per heavy atom. The summed E-state index contributed by atoms with van der Waals surface area (Å²) >= 11 is 5.96. The van der Waals surface area contributed by atoms with E-state index in [9.17, 15) is 22.0 Å². The number of methoxy groups -OCH3 is 1.